The van der Waals surface area contributed by atoms with E-state index in [2.05, 4.69) is 10.3 Å². The zero-order valence-electron chi connectivity index (χ0n) is 9.85. The Morgan fingerprint density at radius 3 is 2.65 bits per heavy atom. The molecule has 0 aliphatic heterocycles. The summed E-state index contributed by atoms with van der Waals surface area (Å²) < 4.78 is 13.6. The van der Waals surface area contributed by atoms with Crippen LogP contribution < -0.4 is 5.32 Å². The fraction of sp³-hybridized carbons (Fsp3) is 0.308. The van der Waals surface area contributed by atoms with Crippen molar-refractivity contribution in [1.82, 2.24) is 10.3 Å². The molecule has 0 aliphatic carbocycles. The lowest BCUT2D eigenvalue weighted by Gasteiger charge is -2.19. The Morgan fingerprint density at radius 1 is 1.24 bits per heavy atom. The zero-order chi connectivity index (χ0) is 12.3. The van der Waals surface area contributed by atoms with Crippen LogP contribution in [0.3, 0.4) is 0 Å². The highest BCUT2D eigenvalue weighted by Gasteiger charge is 2.14. The van der Waals surface area contributed by atoms with Crippen molar-refractivity contribution in [3.8, 4) is 0 Å². The van der Waals surface area contributed by atoms with E-state index in [1.807, 2.05) is 25.3 Å². The van der Waals surface area contributed by atoms with Crippen molar-refractivity contribution in [1.29, 1.82) is 0 Å². The minimum Gasteiger partial charge on any atom is -0.302 e. The highest BCUT2D eigenvalue weighted by molar-refractivity contribution is 7.07. The average Bonchev–Trinajstić information content (AvgIpc) is 2.82. The molecule has 0 bridgehead atoms. The largest absolute Gasteiger partial charge is 0.302 e. The van der Waals surface area contributed by atoms with Gasteiger partial charge in [0.05, 0.1) is 11.2 Å². The van der Waals surface area contributed by atoms with Gasteiger partial charge in [-0.1, -0.05) is 18.2 Å². The molecule has 4 heteroatoms. The molecule has 2 unspecified atom stereocenters. The highest BCUT2D eigenvalue weighted by atomic mass is 32.1. The number of thiazole rings is 1. The lowest BCUT2D eigenvalue weighted by Crippen LogP contribution is -2.23. The highest BCUT2D eigenvalue weighted by Crippen LogP contribution is 2.21. The summed E-state index contributed by atoms with van der Waals surface area (Å²) in [4.78, 5) is 4.25. The molecule has 0 fully saturated rings. The molecule has 17 heavy (non-hydrogen) atoms. The summed E-state index contributed by atoms with van der Waals surface area (Å²) in [5.41, 5.74) is 3.49. The van der Waals surface area contributed by atoms with E-state index in [-0.39, 0.29) is 17.9 Å². The first-order valence-corrected chi connectivity index (χ1v) is 6.51. The van der Waals surface area contributed by atoms with Gasteiger partial charge in [-0.25, -0.2) is 9.37 Å². The molecular weight excluding hydrogens is 235 g/mol. The van der Waals surface area contributed by atoms with Gasteiger partial charge >= 0.3 is 0 Å². The van der Waals surface area contributed by atoms with E-state index in [1.165, 1.54) is 6.07 Å². The third-order valence-corrected chi connectivity index (χ3v) is 3.37. The number of nitrogens with zero attached hydrogens (tertiary/aromatic N) is 1. The second-order valence-electron chi connectivity index (χ2n) is 4.04. The lowest BCUT2D eigenvalue weighted by atomic mass is 10.1. The first-order valence-electron chi connectivity index (χ1n) is 5.57. The summed E-state index contributed by atoms with van der Waals surface area (Å²) in [6, 6.07) is 6.94. The topological polar surface area (TPSA) is 24.9 Å². The number of aromatic nitrogens is 1. The van der Waals surface area contributed by atoms with Crippen LogP contribution in [0.15, 0.2) is 35.2 Å². The van der Waals surface area contributed by atoms with Gasteiger partial charge in [-0.3, -0.25) is 0 Å². The molecule has 0 aliphatic rings. The van der Waals surface area contributed by atoms with E-state index in [0.29, 0.717) is 5.56 Å². The standard InChI is InChI=1S/C13H15FN2S/c1-9(11-5-3-4-6-12(11)14)16-10(2)13-7-17-8-15-13/h3-10,16H,1-2H3. The zero-order valence-corrected chi connectivity index (χ0v) is 10.7. The van der Waals surface area contributed by atoms with E-state index in [4.69, 9.17) is 0 Å². The number of rotatable bonds is 4. The third-order valence-electron chi connectivity index (χ3n) is 2.77. The molecule has 1 N–H and O–H groups in total. The summed E-state index contributed by atoms with van der Waals surface area (Å²) in [6.07, 6.45) is 0. The van der Waals surface area contributed by atoms with Crippen molar-refractivity contribution >= 4 is 11.3 Å². The van der Waals surface area contributed by atoms with Gasteiger partial charge in [0.2, 0.25) is 0 Å². The van der Waals surface area contributed by atoms with Gasteiger partial charge in [0.25, 0.3) is 0 Å². The Morgan fingerprint density at radius 2 is 2.00 bits per heavy atom. The molecule has 2 atom stereocenters. The smallest absolute Gasteiger partial charge is 0.127 e. The van der Waals surface area contributed by atoms with E-state index in [1.54, 1.807) is 29.0 Å². The van der Waals surface area contributed by atoms with Crippen molar-refractivity contribution < 1.29 is 4.39 Å². The Bertz CT molecular complexity index is 470. The first kappa shape index (κ1) is 12.2. The molecule has 0 amide bonds. The molecule has 1 heterocycles. The number of benzene rings is 1. The van der Waals surface area contributed by atoms with Crippen LogP contribution in [0, 0.1) is 5.82 Å². The van der Waals surface area contributed by atoms with Crippen molar-refractivity contribution in [3.63, 3.8) is 0 Å². The third kappa shape index (κ3) is 2.90. The van der Waals surface area contributed by atoms with Crippen LogP contribution in [-0.2, 0) is 0 Å². The second-order valence-corrected chi connectivity index (χ2v) is 4.76. The van der Waals surface area contributed by atoms with E-state index in [9.17, 15) is 4.39 Å². The Hall–Kier alpha value is -1.26. The quantitative estimate of drug-likeness (QED) is 0.895. The fourth-order valence-electron chi connectivity index (χ4n) is 1.81. The van der Waals surface area contributed by atoms with Crippen molar-refractivity contribution in [3.05, 3.63) is 52.2 Å². The van der Waals surface area contributed by atoms with Gasteiger partial charge in [0.15, 0.2) is 0 Å². The van der Waals surface area contributed by atoms with Gasteiger partial charge in [0.1, 0.15) is 5.82 Å². The SMILES string of the molecule is CC(NC(C)c1ccccc1F)c1cscn1. The minimum atomic E-state index is -0.169. The summed E-state index contributed by atoms with van der Waals surface area (Å²) >= 11 is 1.57. The van der Waals surface area contributed by atoms with Crippen LogP contribution in [0.25, 0.3) is 0 Å². The Balaban J connectivity index is 2.07. The molecule has 0 saturated heterocycles. The second kappa shape index (κ2) is 5.38. The van der Waals surface area contributed by atoms with Gasteiger partial charge in [-0.2, -0.15) is 0 Å². The van der Waals surface area contributed by atoms with Crippen LogP contribution in [0.1, 0.15) is 37.2 Å². The predicted molar refractivity (Wildman–Crippen MR) is 68.5 cm³/mol. The normalized spacial score (nSPS) is 14.5. The maximum atomic E-state index is 13.6. The lowest BCUT2D eigenvalue weighted by molar-refractivity contribution is 0.469. The molecule has 2 rings (SSSR count). The Labute approximate surface area is 105 Å². The maximum absolute atomic E-state index is 13.6. The summed E-state index contributed by atoms with van der Waals surface area (Å²) in [7, 11) is 0. The average molecular weight is 250 g/mol. The van der Waals surface area contributed by atoms with Crippen LogP contribution >= 0.6 is 11.3 Å². The van der Waals surface area contributed by atoms with E-state index >= 15 is 0 Å². The molecule has 1 aromatic heterocycles. The predicted octanol–water partition coefficient (Wildman–Crippen LogP) is 3.69. The van der Waals surface area contributed by atoms with Gasteiger partial charge in [-0.15, -0.1) is 11.3 Å². The van der Waals surface area contributed by atoms with Gasteiger partial charge in [-0.05, 0) is 19.9 Å². The molecule has 1 aromatic carbocycles. The van der Waals surface area contributed by atoms with Crippen molar-refractivity contribution in [2.45, 2.75) is 25.9 Å². The molecule has 2 nitrogen and oxygen atoms in total. The van der Waals surface area contributed by atoms with Crippen LogP contribution in [0.2, 0.25) is 0 Å². The first-order chi connectivity index (χ1) is 8.18. The van der Waals surface area contributed by atoms with Crippen LogP contribution in [0.5, 0.6) is 0 Å². The van der Waals surface area contributed by atoms with Crippen molar-refractivity contribution in [2.75, 3.05) is 0 Å². The summed E-state index contributed by atoms with van der Waals surface area (Å²) in [5, 5.41) is 5.35. The number of halogens is 1. The number of hydrogen-bond donors (Lipinski definition) is 1. The molecule has 0 spiro atoms. The monoisotopic (exact) mass is 250 g/mol. The Kier molecular flexibility index (Phi) is 3.86. The minimum absolute atomic E-state index is 0.0344. The fourth-order valence-corrected chi connectivity index (χ4v) is 2.46. The molecule has 2 aromatic rings. The molecule has 0 radical (unpaired) electrons. The number of nitrogens with one attached hydrogen (secondary N) is 1. The van der Waals surface area contributed by atoms with E-state index < -0.39 is 0 Å². The molecular formula is C13H15FN2S. The van der Waals surface area contributed by atoms with Crippen LogP contribution in [0.4, 0.5) is 4.39 Å². The van der Waals surface area contributed by atoms with Gasteiger partial charge < -0.3 is 5.32 Å². The number of hydrogen-bond acceptors (Lipinski definition) is 3. The van der Waals surface area contributed by atoms with Gasteiger partial charge in [0, 0.05) is 23.0 Å². The van der Waals surface area contributed by atoms with Crippen molar-refractivity contribution in [2.24, 2.45) is 0 Å². The summed E-state index contributed by atoms with van der Waals surface area (Å²) in [6.45, 7) is 3.99. The maximum Gasteiger partial charge on any atom is 0.127 e. The molecule has 90 valence electrons. The molecule has 0 saturated carbocycles. The van der Waals surface area contributed by atoms with E-state index in [0.717, 1.165) is 5.69 Å². The van der Waals surface area contributed by atoms with Crippen LogP contribution in [-0.4, -0.2) is 4.98 Å². The summed E-state index contributed by atoms with van der Waals surface area (Å²) in [5.74, 6) is -0.169.